The zero-order valence-corrected chi connectivity index (χ0v) is 7.88. The molecule has 0 saturated carbocycles. The number of methoxy groups -OCH3 is 1. The molecular weight excluding hydrogens is 182 g/mol. The monoisotopic (exact) mass is 196 g/mol. The maximum absolute atomic E-state index is 12.8. The molecular formula is C8H14F2O3. The fourth-order valence-electron chi connectivity index (χ4n) is 0.867. The number of hydrogen-bond acceptors (Lipinski definition) is 3. The van der Waals surface area contributed by atoms with Crippen molar-refractivity contribution < 1.29 is 23.4 Å². The quantitative estimate of drug-likeness (QED) is 0.687. The Morgan fingerprint density at radius 1 is 1.54 bits per heavy atom. The molecule has 0 heterocycles. The fraction of sp³-hybridized carbons (Fsp3) is 0.875. The lowest BCUT2D eigenvalue weighted by Crippen LogP contribution is -2.42. The van der Waals surface area contributed by atoms with Crippen molar-refractivity contribution in [1.29, 1.82) is 0 Å². The topological polar surface area (TPSA) is 46.5 Å². The standard InChI is InChI=1S/C8H14F2O3/c1-5(2)4-6(11)8(9,10)7(12)13-3/h5-6,11H,4H2,1-3H3/t6-/m0/s1. The molecule has 78 valence electrons. The van der Waals surface area contributed by atoms with Gasteiger partial charge in [0.2, 0.25) is 0 Å². The number of hydrogen-bond donors (Lipinski definition) is 1. The van der Waals surface area contributed by atoms with Gasteiger partial charge in [-0.25, -0.2) is 4.79 Å². The van der Waals surface area contributed by atoms with Crippen LogP contribution in [0.25, 0.3) is 0 Å². The van der Waals surface area contributed by atoms with Crippen LogP contribution in [0.15, 0.2) is 0 Å². The van der Waals surface area contributed by atoms with E-state index in [0.29, 0.717) is 0 Å². The summed E-state index contributed by atoms with van der Waals surface area (Å²) in [6, 6.07) is 0. The molecule has 0 bridgehead atoms. The van der Waals surface area contributed by atoms with E-state index in [0.717, 1.165) is 7.11 Å². The van der Waals surface area contributed by atoms with Gasteiger partial charge >= 0.3 is 11.9 Å². The lowest BCUT2D eigenvalue weighted by Gasteiger charge is -2.21. The highest BCUT2D eigenvalue weighted by Crippen LogP contribution is 2.24. The van der Waals surface area contributed by atoms with Gasteiger partial charge in [-0.1, -0.05) is 13.8 Å². The Kier molecular flexibility index (Phi) is 4.26. The van der Waals surface area contributed by atoms with Gasteiger partial charge in [-0.3, -0.25) is 0 Å². The summed E-state index contributed by atoms with van der Waals surface area (Å²) in [6.07, 6.45) is -2.11. The molecule has 13 heavy (non-hydrogen) atoms. The van der Waals surface area contributed by atoms with Crippen molar-refractivity contribution in [1.82, 2.24) is 0 Å². The van der Waals surface area contributed by atoms with Crippen LogP contribution in [-0.4, -0.2) is 30.2 Å². The molecule has 0 radical (unpaired) electrons. The molecule has 0 aromatic carbocycles. The van der Waals surface area contributed by atoms with E-state index in [1.165, 1.54) is 0 Å². The summed E-state index contributed by atoms with van der Waals surface area (Å²) in [5.74, 6) is -5.61. The maximum atomic E-state index is 12.8. The molecule has 0 fully saturated rings. The fourth-order valence-corrected chi connectivity index (χ4v) is 0.867. The second-order valence-corrected chi connectivity index (χ2v) is 3.26. The first-order chi connectivity index (χ1) is 5.82. The summed E-state index contributed by atoms with van der Waals surface area (Å²) in [4.78, 5) is 10.5. The van der Waals surface area contributed by atoms with Gasteiger partial charge in [-0.05, 0) is 12.3 Å². The molecule has 0 unspecified atom stereocenters. The van der Waals surface area contributed by atoms with E-state index in [1.54, 1.807) is 13.8 Å². The molecule has 0 rings (SSSR count). The molecule has 0 amide bonds. The van der Waals surface area contributed by atoms with Crippen molar-refractivity contribution in [3.8, 4) is 0 Å². The largest absolute Gasteiger partial charge is 0.465 e. The van der Waals surface area contributed by atoms with Gasteiger partial charge in [0.25, 0.3) is 0 Å². The third-order valence-electron chi connectivity index (χ3n) is 1.57. The van der Waals surface area contributed by atoms with Gasteiger partial charge in [-0.2, -0.15) is 8.78 Å². The summed E-state index contributed by atoms with van der Waals surface area (Å²) in [5.41, 5.74) is 0. The Morgan fingerprint density at radius 3 is 2.31 bits per heavy atom. The molecule has 3 nitrogen and oxygen atoms in total. The lowest BCUT2D eigenvalue weighted by molar-refractivity contribution is -0.186. The first-order valence-corrected chi connectivity index (χ1v) is 3.96. The molecule has 0 aliphatic heterocycles. The highest BCUT2D eigenvalue weighted by atomic mass is 19.3. The van der Waals surface area contributed by atoms with Crippen LogP contribution in [0.2, 0.25) is 0 Å². The second-order valence-electron chi connectivity index (χ2n) is 3.26. The molecule has 0 aromatic rings. The smallest absolute Gasteiger partial charge is 0.379 e. The van der Waals surface area contributed by atoms with Crippen molar-refractivity contribution in [3.05, 3.63) is 0 Å². The molecule has 0 spiro atoms. The Bertz CT molecular complexity index is 180. The maximum Gasteiger partial charge on any atom is 0.379 e. The summed E-state index contributed by atoms with van der Waals surface area (Å²) in [6.45, 7) is 3.35. The Balaban J connectivity index is 4.35. The minimum absolute atomic E-state index is 0.106. The van der Waals surface area contributed by atoms with Crippen LogP contribution in [0.5, 0.6) is 0 Å². The van der Waals surface area contributed by atoms with Crippen LogP contribution >= 0.6 is 0 Å². The van der Waals surface area contributed by atoms with E-state index in [-0.39, 0.29) is 12.3 Å². The van der Waals surface area contributed by atoms with Crippen molar-refractivity contribution >= 4 is 5.97 Å². The molecule has 0 aromatic heterocycles. The zero-order valence-electron chi connectivity index (χ0n) is 7.88. The Morgan fingerprint density at radius 2 is 2.00 bits per heavy atom. The first-order valence-electron chi connectivity index (χ1n) is 3.96. The van der Waals surface area contributed by atoms with Gasteiger partial charge in [-0.15, -0.1) is 0 Å². The van der Waals surface area contributed by atoms with Crippen LogP contribution in [-0.2, 0) is 9.53 Å². The average Bonchev–Trinajstić information content (AvgIpc) is 2.01. The van der Waals surface area contributed by atoms with E-state index >= 15 is 0 Å². The van der Waals surface area contributed by atoms with Gasteiger partial charge < -0.3 is 9.84 Å². The van der Waals surface area contributed by atoms with Crippen molar-refractivity contribution in [2.24, 2.45) is 5.92 Å². The number of ether oxygens (including phenoxy) is 1. The highest BCUT2D eigenvalue weighted by molar-refractivity contribution is 5.78. The highest BCUT2D eigenvalue weighted by Gasteiger charge is 2.47. The number of esters is 1. The van der Waals surface area contributed by atoms with Crippen molar-refractivity contribution in [3.63, 3.8) is 0 Å². The molecule has 5 heteroatoms. The normalized spacial score (nSPS) is 14.4. The van der Waals surface area contributed by atoms with Crippen LogP contribution in [0.4, 0.5) is 8.78 Å². The molecule has 0 aliphatic rings. The zero-order chi connectivity index (χ0) is 10.6. The number of rotatable bonds is 4. The van der Waals surface area contributed by atoms with Crippen LogP contribution in [0.3, 0.4) is 0 Å². The van der Waals surface area contributed by atoms with E-state index in [1.807, 2.05) is 0 Å². The van der Waals surface area contributed by atoms with Crippen LogP contribution in [0.1, 0.15) is 20.3 Å². The Labute approximate surface area is 75.7 Å². The SMILES string of the molecule is COC(=O)C(F)(F)[C@@H](O)CC(C)C. The van der Waals surface area contributed by atoms with Gasteiger partial charge in [0.15, 0.2) is 0 Å². The molecule has 1 N–H and O–H groups in total. The number of carbonyl (C=O) groups is 1. The first kappa shape index (κ1) is 12.3. The summed E-state index contributed by atoms with van der Waals surface area (Å²) in [5, 5.41) is 9.00. The van der Waals surface area contributed by atoms with Crippen molar-refractivity contribution in [2.45, 2.75) is 32.3 Å². The minimum Gasteiger partial charge on any atom is -0.465 e. The van der Waals surface area contributed by atoms with E-state index in [4.69, 9.17) is 5.11 Å². The lowest BCUT2D eigenvalue weighted by atomic mass is 10.0. The second kappa shape index (κ2) is 4.50. The molecule has 1 atom stereocenters. The van der Waals surface area contributed by atoms with Crippen LogP contribution in [0, 0.1) is 5.92 Å². The third kappa shape index (κ3) is 3.26. The van der Waals surface area contributed by atoms with Crippen molar-refractivity contribution in [2.75, 3.05) is 7.11 Å². The number of aliphatic hydroxyl groups excluding tert-OH is 1. The third-order valence-corrected chi connectivity index (χ3v) is 1.57. The van der Waals surface area contributed by atoms with Gasteiger partial charge in [0, 0.05) is 0 Å². The Hall–Kier alpha value is -0.710. The molecule has 0 aliphatic carbocycles. The predicted octanol–water partition coefficient (Wildman–Crippen LogP) is 1.20. The molecule has 0 saturated heterocycles. The predicted molar refractivity (Wildman–Crippen MR) is 42.4 cm³/mol. The van der Waals surface area contributed by atoms with E-state index < -0.39 is 18.0 Å². The average molecular weight is 196 g/mol. The van der Waals surface area contributed by atoms with E-state index in [2.05, 4.69) is 4.74 Å². The minimum atomic E-state index is -3.81. The summed E-state index contributed by atoms with van der Waals surface area (Å²) in [7, 11) is 0.859. The number of carbonyl (C=O) groups excluding carboxylic acids is 1. The number of alkyl halides is 2. The summed E-state index contributed by atoms with van der Waals surface area (Å²) >= 11 is 0. The van der Waals surface area contributed by atoms with Gasteiger partial charge in [0.1, 0.15) is 6.10 Å². The summed E-state index contributed by atoms with van der Waals surface area (Å²) < 4.78 is 29.6. The van der Waals surface area contributed by atoms with Crippen LogP contribution < -0.4 is 0 Å². The van der Waals surface area contributed by atoms with E-state index in [9.17, 15) is 13.6 Å². The van der Waals surface area contributed by atoms with Gasteiger partial charge in [0.05, 0.1) is 7.11 Å². The number of aliphatic hydroxyl groups is 1. The number of halogens is 2.